The Morgan fingerprint density at radius 3 is 2.53 bits per heavy atom. The average Bonchev–Trinajstić information content (AvgIpc) is 3.35. The van der Waals surface area contributed by atoms with Gasteiger partial charge in [0.15, 0.2) is 16.6 Å². The molecule has 1 aromatic heterocycles. The quantitative estimate of drug-likeness (QED) is 0.353. The van der Waals surface area contributed by atoms with E-state index in [4.69, 9.17) is 35.9 Å². The van der Waals surface area contributed by atoms with Gasteiger partial charge in [-0.3, -0.25) is 0 Å². The molecule has 0 saturated carbocycles. The molecule has 0 saturated heterocycles. The molecule has 1 aliphatic rings. The minimum Gasteiger partial charge on any atom is -0.493 e. The first-order valence-electron chi connectivity index (χ1n) is 11.0. The number of allylic oxidation sites excluding steroid dienone is 1. The summed E-state index contributed by atoms with van der Waals surface area (Å²) in [6.07, 6.45) is 0.822. The van der Waals surface area contributed by atoms with Crippen molar-refractivity contribution in [3.8, 4) is 22.9 Å². The molecule has 8 nitrogen and oxygen atoms in total. The van der Waals surface area contributed by atoms with Crippen LogP contribution in [0.25, 0.3) is 17.0 Å². The Morgan fingerprint density at radius 2 is 1.82 bits per heavy atom. The summed E-state index contributed by atoms with van der Waals surface area (Å²) in [5, 5.41) is 8.33. The second kappa shape index (κ2) is 10.7. The topological polar surface area (TPSA) is 81.9 Å². The molecule has 2 heterocycles. The summed E-state index contributed by atoms with van der Waals surface area (Å²) in [5.74, 6) is 2.24. The first-order valence-corrected chi connectivity index (χ1v) is 11.4. The lowest BCUT2D eigenvalue weighted by Gasteiger charge is -2.37. The van der Waals surface area contributed by atoms with Crippen LogP contribution in [0.3, 0.4) is 0 Å². The molecular weight excluding hydrogens is 452 g/mol. The normalized spacial score (nSPS) is 15.9. The highest BCUT2D eigenvalue weighted by molar-refractivity contribution is 7.80. The second-order valence-corrected chi connectivity index (χ2v) is 8.17. The fourth-order valence-corrected chi connectivity index (χ4v) is 4.36. The van der Waals surface area contributed by atoms with E-state index in [1.165, 1.54) is 0 Å². The van der Waals surface area contributed by atoms with Gasteiger partial charge in [0, 0.05) is 31.5 Å². The Bertz CT molecular complexity index is 1180. The fraction of sp³-hybridized carbons (Fsp3) is 0.320. The highest BCUT2D eigenvalue weighted by Gasteiger charge is 2.34. The molecule has 1 N–H and O–H groups in total. The highest BCUT2D eigenvalue weighted by Crippen LogP contribution is 2.40. The van der Waals surface area contributed by atoms with Crippen molar-refractivity contribution in [1.82, 2.24) is 20.4 Å². The molecule has 9 heteroatoms. The number of aromatic nitrogens is 2. The summed E-state index contributed by atoms with van der Waals surface area (Å²) >= 11 is 5.74. The van der Waals surface area contributed by atoms with Crippen LogP contribution >= 0.6 is 12.2 Å². The first-order chi connectivity index (χ1) is 16.6. The number of rotatable bonds is 9. The minimum absolute atomic E-state index is 0.310. The van der Waals surface area contributed by atoms with Crippen molar-refractivity contribution in [1.29, 1.82) is 0 Å². The van der Waals surface area contributed by atoms with Gasteiger partial charge in [-0.25, -0.2) is 0 Å². The van der Waals surface area contributed by atoms with Crippen LogP contribution in [0.4, 0.5) is 0 Å². The maximum absolute atomic E-state index is 5.78. The van der Waals surface area contributed by atoms with E-state index in [1.54, 1.807) is 21.3 Å². The molecule has 2 aromatic carbocycles. The molecule has 0 fully saturated rings. The number of nitrogens with one attached hydrogen (secondary N) is 1. The van der Waals surface area contributed by atoms with Crippen LogP contribution in [0.1, 0.15) is 30.8 Å². The number of ether oxygens (including phenoxy) is 3. The van der Waals surface area contributed by atoms with Crippen LogP contribution in [0.2, 0.25) is 0 Å². The number of thiocarbonyl (C=S) groups is 1. The zero-order chi connectivity index (χ0) is 24.1. The number of methoxy groups -OCH3 is 3. The van der Waals surface area contributed by atoms with Crippen LogP contribution < -0.4 is 14.8 Å². The zero-order valence-corrected chi connectivity index (χ0v) is 20.5. The van der Waals surface area contributed by atoms with Gasteiger partial charge >= 0.3 is 0 Å². The van der Waals surface area contributed by atoms with Crippen LogP contribution in [0.15, 0.2) is 58.8 Å². The molecule has 0 amide bonds. The van der Waals surface area contributed by atoms with Gasteiger partial charge in [-0.15, -0.1) is 0 Å². The molecule has 178 valence electrons. The average molecular weight is 481 g/mol. The Kier molecular flexibility index (Phi) is 7.44. The molecule has 0 spiro atoms. The van der Waals surface area contributed by atoms with E-state index < -0.39 is 0 Å². The lowest BCUT2D eigenvalue weighted by atomic mass is 9.94. The number of hydrogen-bond donors (Lipinski definition) is 1. The summed E-state index contributed by atoms with van der Waals surface area (Å²) in [6.45, 7) is 3.36. The van der Waals surface area contributed by atoms with Gasteiger partial charge in [0.25, 0.3) is 5.89 Å². The van der Waals surface area contributed by atoms with E-state index in [0.717, 1.165) is 28.8 Å². The largest absolute Gasteiger partial charge is 0.493 e. The SMILES string of the molecule is COCCCN1C(=S)NC(c2ccc(OC)c(OC)c2)C(c2nc(-c3ccccc3)no2)=C1C. The van der Waals surface area contributed by atoms with Gasteiger partial charge < -0.3 is 29.0 Å². The monoisotopic (exact) mass is 480 g/mol. The summed E-state index contributed by atoms with van der Waals surface area (Å²) < 4.78 is 22.0. The standard InChI is InChI=1S/C25H28N4O4S/c1-16-21(24-27-23(28-33-24)17-9-6-5-7-10-17)22(26-25(34)29(16)13-8-14-30-2)18-11-12-19(31-3)20(15-18)32-4/h5-7,9-12,15,22H,8,13-14H2,1-4H3,(H,26,34). The summed E-state index contributed by atoms with van der Waals surface area (Å²) in [7, 11) is 4.92. The van der Waals surface area contributed by atoms with Crippen molar-refractivity contribution in [2.45, 2.75) is 19.4 Å². The number of hydrogen-bond acceptors (Lipinski definition) is 7. The lowest BCUT2D eigenvalue weighted by molar-refractivity contribution is 0.188. The van der Waals surface area contributed by atoms with E-state index in [-0.39, 0.29) is 6.04 Å². The predicted molar refractivity (Wildman–Crippen MR) is 134 cm³/mol. The Morgan fingerprint density at radius 1 is 1.06 bits per heavy atom. The molecule has 0 radical (unpaired) electrons. The zero-order valence-electron chi connectivity index (χ0n) is 19.7. The van der Waals surface area contributed by atoms with Gasteiger partial charge in [0.1, 0.15) is 0 Å². The van der Waals surface area contributed by atoms with Gasteiger partial charge in [-0.1, -0.05) is 41.6 Å². The Labute approximate surface area is 204 Å². The smallest absolute Gasteiger partial charge is 0.258 e. The fourth-order valence-electron chi connectivity index (χ4n) is 4.01. The van der Waals surface area contributed by atoms with Crippen LogP contribution in [-0.2, 0) is 4.74 Å². The van der Waals surface area contributed by atoms with E-state index in [9.17, 15) is 0 Å². The maximum Gasteiger partial charge on any atom is 0.258 e. The third-order valence-electron chi connectivity index (χ3n) is 5.76. The van der Waals surface area contributed by atoms with Gasteiger partial charge in [0.05, 0.1) is 25.8 Å². The van der Waals surface area contributed by atoms with E-state index in [0.29, 0.717) is 41.5 Å². The first kappa shape index (κ1) is 23.7. The summed E-state index contributed by atoms with van der Waals surface area (Å²) in [6, 6.07) is 15.2. The Hall–Kier alpha value is -3.43. The third-order valence-corrected chi connectivity index (χ3v) is 6.09. The lowest BCUT2D eigenvalue weighted by Crippen LogP contribution is -2.46. The number of nitrogens with zero attached hydrogens (tertiary/aromatic N) is 3. The van der Waals surface area contributed by atoms with E-state index >= 15 is 0 Å². The van der Waals surface area contributed by atoms with E-state index in [2.05, 4.69) is 10.5 Å². The molecule has 34 heavy (non-hydrogen) atoms. The van der Waals surface area contributed by atoms with E-state index in [1.807, 2.05) is 60.4 Å². The number of benzene rings is 2. The van der Waals surface area contributed by atoms with Crippen LogP contribution in [-0.4, -0.2) is 54.6 Å². The van der Waals surface area contributed by atoms with Crippen molar-refractivity contribution in [3.05, 3.63) is 65.7 Å². The van der Waals surface area contributed by atoms with Crippen molar-refractivity contribution >= 4 is 22.9 Å². The van der Waals surface area contributed by atoms with Gasteiger partial charge in [-0.2, -0.15) is 4.98 Å². The molecule has 0 bridgehead atoms. The highest BCUT2D eigenvalue weighted by atomic mass is 32.1. The van der Waals surface area contributed by atoms with Crippen LogP contribution in [0.5, 0.6) is 11.5 Å². The van der Waals surface area contributed by atoms with Crippen molar-refractivity contribution in [2.75, 3.05) is 34.5 Å². The summed E-state index contributed by atoms with van der Waals surface area (Å²) in [4.78, 5) is 6.79. The third kappa shape index (κ3) is 4.76. The van der Waals surface area contributed by atoms with Crippen molar-refractivity contribution < 1.29 is 18.7 Å². The summed E-state index contributed by atoms with van der Waals surface area (Å²) in [5.41, 5.74) is 3.62. The molecule has 1 unspecified atom stereocenters. The molecular formula is C25H28N4O4S. The predicted octanol–water partition coefficient (Wildman–Crippen LogP) is 4.45. The van der Waals surface area contributed by atoms with Crippen molar-refractivity contribution in [2.24, 2.45) is 0 Å². The molecule has 3 aromatic rings. The maximum atomic E-state index is 5.78. The molecule has 1 aliphatic heterocycles. The van der Waals surface area contributed by atoms with Crippen molar-refractivity contribution in [3.63, 3.8) is 0 Å². The Balaban J connectivity index is 1.79. The molecule has 4 rings (SSSR count). The molecule has 1 atom stereocenters. The molecule has 0 aliphatic carbocycles. The minimum atomic E-state index is -0.310. The van der Waals surface area contributed by atoms with Gasteiger partial charge in [-0.05, 0) is 43.3 Å². The second-order valence-electron chi connectivity index (χ2n) is 7.78. The van der Waals surface area contributed by atoms with Gasteiger partial charge in [0.2, 0.25) is 5.82 Å². The van der Waals surface area contributed by atoms with Crippen LogP contribution in [0, 0.1) is 0 Å².